The minimum absolute atomic E-state index is 0.00145. The standard InChI is InChI=1S/C33H56N6O6S/c1-8-12-28(40)45-20-39(33(44)29(22(5)9-2)37-32(43)26-13-10-11-18-38(26)7)25(21(3)4)14-15-27-36-24(19-46-27)31(42)35-17-16-23(6)30(34)41/h19,21-23,25-26,29H,8-18,20H2,1-7H3,(H2,34,41)(H,35,42)(H,37,43)/t22?,23-,25+,26?,29-/m0/s1. The second-order valence-electron chi connectivity index (χ2n) is 12.9. The second kappa shape index (κ2) is 19.6. The zero-order chi connectivity index (χ0) is 34.4. The van der Waals surface area contributed by atoms with Gasteiger partial charge in [-0.3, -0.25) is 28.9 Å². The van der Waals surface area contributed by atoms with Gasteiger partial charge in [0.15, 0.2) is 6.73 Å². The van der Waals surface area contributed by atoms with Crippen molar-refractivity contribution in [3.05, 3.63) is 16.1 Å². The van der Waals surface area contributed by atoms with Gasteiger partial charge in [0.25, 0.3) is 5.91 Å². The fourth-order valence-corrected chi connectivity index (χ4v) is 6.34. The van der Waals surface area contributed by atoms with E-state index >= 15 is 0 Å². The van der Waals surface area contributed by atoms with Gasteiger partial charge in [-0.2, -0.15) is 0 Å². The maximum absolute atomic E-state index is 14.4. The summed E-state index contributed by atoms with van der Waals surface area (Å²) < 4.78 is 5.61. The molecule has 0 radical (unpaired) electrons. The van der Waals surface area contributed by atoms with Crippen molar-refractivity contribution >= 4 is 40.9 Å². The number of piperidine rings is 1. The van der Waals surface area contributed by atoms with Crippen LogP contribution in [0.15, 0.2) is 5.38 Å². The van der Waals surface area contributed by atoms with Crippen LogP contribution in [0.4, 0.5) is 0 Å². The number of nitrogens with one attached hydrogen (secondary N) is 2. The van der Waals surface area contributed by atoms with Gasteiger partial charge in [0.05, 0.1) is 11.0 Å². The Morgan fingerprint density at radius 3 is 2.46 bits per heavy atom. The first-order valence-electron chi connectivity index (χ1n) is 16.8. The van der Waals surface area contributed by atoms with E-state index in [1.807, 2.05) is 46.6 Å². The molecule has 5 atom stereocenters. The molecule has 4 amide bonds. The summed E-state index contributed by atoms with van der Waals surface area (Å²) in [6.45, 7) is 12.5. The van der Waals surface area contributed by atoms with E-state index in [-0.39, 0.29) is 66.7 Å². The SMILES string of the molecule is CCCC(=O)OCN(C(=O)[C@@H](NC(=O)C1CCCCN1C)C(C)CC)[C@H](CCc1nc(C(=O)NCC[C@H](C)C(N)=O)cs1)C(C)C. The van der Waals surface area contributed by atoms with Crippen LogP contribution in [0.1, 0.15) is 108 Å². The van der Waals surface area contributed by atoms with Crippen molar-refractivity contribution < 1.29 is 28.7 Å². The summed E-state index contributed by atoms with van der Waals surface area (Å²) in [7, 11) is 1.94. The third kappa shape index (κ3) is 11.9. The predicted octanol–water partition coefficient (Wildman–Crippen LogP) is 3.49. The summed E-state index contributed by atoms with van der Waals surface area (Å²) in [5.74, 6) is -2.01. The molecule has 1 fully saturated rings. The molecule has 260 valence electrons. The van der Waals surface area contributed by atoms with Crippen molar-refractivity contribution in [2.24, 2.45) is 23.5 Å². The number of primary amides is 1. The van der Waals surface area contributed by atoms with Crippen LogP contribution in [-0.4, -0.2) is 89.4 Å². The number of carbonyl (C=O) groups excluding carboxylic acids is 5. The van der Waals surface area contributed by atoms with Crippen molar-refractivity contribution in [3.8, 4) is 0 Å². The molecule has 4 N–H and O–H groups in total. The van der Waals surface area contributed by atoms with Crippen LogP contribution in [0.5, 0.6) is 0 Å². The summed E-state index contributed by atoms with van der Waals surface area (Å²) in [4.78, 5) is 72.3. The highest BCUT2D eigenvalue weighted by Gasteiger charge is 2.37. The number of carbonyl (C=O) groups is 5. The lowest BCUT2D eigenvalue weighted by atomic mass is 9.93. The summed E-state index contributed by atoms with van der Waals surface area (Å²) in [5, 5.41) is 8.30. The van der Waals surface area contributed by atoms with E-state index in [9.17, 15) is 24.0 Å². The van der Waals surface area contributed by atoms with Crippen molar-refractivity contribution in [2.45, 2.75) is 117 Å². The largest absolute Gasteiger partial charge is 0.444 e. The minimum Gasteiger partial charge on any atom is -0.444 e. The number of amides is 4. The van der Waals surface area contributed by atoms with E-state index in [0.29, 0.717) is 44.3 Å². The third-order valence-electron chi connectivity index (χ3n) is 8.91. The Morgan fingerprint density at radius 1 is 1.13 bits per heavy atom. The van der Waals surface area contributed by atoms with Gasteiger partial charge in [0, 0.05) is 36.7 Å². The lowest BCUT2D eigenvalue weighted by Crippen LogP contribution is -2.59. The number of hydrogen-bond donors (Lipinski definition) is 3. The number of hydrogen-bond acceptors (Lipinski definition) is 9. The fraction of sp³-hybridized carbons (Fsp3) is 0.758. The first-order valence-corrected chi connectivity index (χ1v) is 17.7. The number of nitrogens with two attached hydrogens (primary N) is 1. The van der Waals surface area contributed by atoms with Crippen molar-refractivity contribution in [2.75, 3.05) is 26.9 Å². The van der Waals surface area contributed by atoms with Crippen LogP contribution in [0, 0.1) is 17.8 Å². The lowest BCUT2D eigenvalue weighted by Gasteiger charge is -2.39. The molecule has 2 unspecified atom stereocenters. The number of nitrogens with zero attached hydrogens (tertiary/aromatic N) is 3. The molecule has 1 aliphatic heterocycles. The molecule has 1 saturated heterocycles. The third-order valence-corrected chi connectivity index (χ3v) is 9.82. The highest BCUT2D eigenvalue weighted by atomic mass is 32.1. The average molecular weight is 665 g/mol. The molecular formula is C33H56N6O6S. The normalized spacial score (nSPS) is 17.9. The molecule has 13 heteroatoms. The average Bonchev–Trinajstić information content (AvgIpc) is 3.49. The van der Waals surface area contributed by atoms with Gasteiger partial charge < -0.3 is 26.0 Å². The van der Waals surface area contributed by atoms with Gasteiger partial charge in [0.1, 0.15) is 11.7 Å². The van der Waals surface area contributed by atoms with Gasteiger partial charge in [-0.15, -0.1) is 11.3 Å². The second-order valence-corrected chi connectivity index (χ2v) is 13.8. The molecule has 0 aromatic carbocycles. The number of aromatic nitrogens is 1. The van der Waals surface area contributed by atoms with E-state index in [0.717, 1.165) is 30.8 Å². The molecular weight excluding hydrogens is 608 g/mol. The molecule has 0 aliphatic carbocycles. The molecule has 0 bridgehead atoms. The lowest BCUT2D eigenvalue weighted by molar-refractivity contribution is -0.159. The van der Waals surface area contributed by atoms with E-state index in [4.69, 9.17) is 10.5 Å². The Hall–Kier alpha value is -3.06. The van der Waals surface area contributed by atoms with E-state index < -0.39 is 11.9 Å². The maximum Gasteiger partial charge on any atom is 0.307 e. The smallest absolute Gasteiger partial charge is 0.307 e. The van der Waals surface area contributed by atoms with E-state index in [1.54, 1.807) is 17.2 Å². The molecule has 2 rings (SSSR count). The Morgan fingerprint density at radius 2 is 1.85 bits per heavy atom. The fourth-order valence-electron chi connectivity index (χ4n) is 5.54. The Bertz CT molecular complexity index is 1160. The van der Waals surface area contributed by atoms with Crippen LogP contribution in [0.3, 0.4) is 0 Å². The van der Waals surface area contributed by atoms with Crippen molar-refractivity contribution in [1.29, 1.82) is 0 Å². The van der Waals surface area contributed by atoms with E-state index in [1.165, 1.54) is 11.3 Å². The summed E-state index contributed by atoms with van der Waals surface area (Å²) in [5.41, 5.74) is 5.59. The molecule has 1 aromatic rings. The Kier molecular flexibility index (Phi) is 16.6. The summed E-state index contributed by atoms with van der Waals surface area (Å²) in [6, 6.07) is -1.38. The van der Waals surface area contributed by atoms with Gasteiger partial charge in [-0.05, 0) is 57.5 Å². The molecule has 0 saturated carbocycles. The highest BCUT2D eigenvalue weighted by molar-refractivity contribution is 7.09. The monoisotopic (exact) mass is 664 g/mol. The van der Waals surface area contributed by atoms with Gasteiger partial charge >= 0.3 is 5.97 Å². The maximum atomic E-state index is 14.4. The number of likely N-dealkylation sites (N-methyl/N-ethyl adjacent to an activating group) is 1. The van der Waals surface area contributed by atoms with Crippen LogP contribution in [0.2, 0.25) is 0 Å². The van der Waals surface area contributed by atoms with Gasteiger partial charge in [0.2, 0.25) is 17.7 Å². The Labute approximate surface area is 278 Å². The molecule has 0 spiro atoms. The zero-order valence-corrected chi connectivity index (χ0v) is 29.6. The van der Waals surface area contributed by atoms with Gasteiger partial charge in [-0.1, -0.05) is 54.4 Å². The van der Waals surface area contributed by atoms with Crippen molar-refractivity contribution in [3.63, 3.8) is 0 Å². The topological polar surface area (TPSA) is 164 Å². The van der Waals surface area contributed by atoms with Crippen LogP contribution < -0.4 is 16.4 Å². The first-order chi connectivity index (χ1) is 21.8. The predicted molar refractivity (Wildman–Crippen MR) is 179 cm³/mol. The number of esters is 1. The van der Waals surface area contributed by atoms with Crippen LogP contribution in [-0.2, 0) is 30.3 Å². The number of ether oxygens (including phenoxy) is 1. The zero-order valence-electron chi connectivity index (χ0n) is 28.8. The Balaban J connectivity index is 2.23. The number of aryl methyl sites for hydroxylation is 1. The molecule has 46 heavy (non-hydrogen) atoms. The molecule has 1 aromatic heterocycles. The molecule has 2 heterocycles. The highest BCUT2D eigenvalue weighted by Crippen LogP contribution is 2.24. The number of rotatable bonds is 19. The quantitative estimate of drug-likeness (QED) is 0.149. The summed E-state index contributed by atoms with van der Waals surface area (Å²) in [6.07, 6.45) is 5.78. The number of likely N-dealkylation sites (tertiary alicyclic amines) is 1. The minimum atomic E-state index is -0.772. The van der Waals surface area contributed by atoms with Gasteiger partial charge in [-0.25, -0.2) is 4.98 Å². The first kappa shape index (κ1) is 39.1. The molecule has 12 nitrogen and oxygen atoms in total. The van der Waals surface area contributed by atoms with Crippen LogP contribution in [0.25, 0.3) is 0 Å². The van der Waals surface area contributed by atoms with Crippen LogP contribution >= 0.6 is 11.3 Å². The summed E-state index contributed by atoms with van der Waals surface area (Å²) >= 11 is 1.36. The molecule has 1 aliphatic rings. The van der Waals surface area contributed by atoms with E-state index in [2.05, 4.69) is 15.6 Å². The van der Waals surface area contributed by atoms with Crippen molar-refractivity contribution in [1.82, 2.24) is 25.4 Å². The number of thiazole rings is 1.